The number of hydrogen-bond acceptors (Lipinski definition) is 7. The lowest BCUT2D eigenvalue weighted by Gasteiger charge is -2.44. The van der Waals surface area contributed by atoms with Crippen LogP contribution in [-0.4, -0.2) is 64.3 Å². The van der Waals surface area contributed by atoms with E-state index in [4.69, 9.17) is 21.1 Å². The fourth-order valence-corrected chi connectivity index (χ4v) is 5.55. The quantitative estimate of drug-likeness (QED) is 0.351. The molecule has 3 heterocycles. The maximum atomic E-state index is 13.4. The third kappa shape index (κ3) is 6.33. The first-order valence-electron chi connectivity index (χ1n) is 14.1. The fraction of sp³-hybridized carbons (Fsp3) is 0.344. The van der Waals surface area contributed by atoms with E-state index in [0.29, 0.717) is 35.0 Å². The normalized spacial score (nSPS) is 17.5. The van der Waals surface area contributed by atoms with Crippen molar-refractivity contribution in [3.8, 4) is 5.75 Å². The number of carbonyl (C=O) groups is 4. The Morgan fingerprint density at radius 1 is 1.07 bits per heavy atom. The maximum Gasteiger partial charge on any atom is 0.416 e. The molecule has 0 unspecified atom stereocenters. The molecule has 0 bridgehead atoms. The summed E-state index contributed by atoms with van der Waals surface area (Å²) in [6.07, 6.45) is 1.47. The van der Waals surface area contributed by atoms with E-state index in [9.17, 15) is 24.3 Å². The molecule has 2 aromatic carbocycles. The molecule has 5 rings (SSSR count). The van der Waals surface area contributed by atoms with Crippen molar-refractivity contribution in [1.82, 2.24) is 9.88 Å². The summed E-state index contributed by atoms with van der Waals surface area (Å²) in [7, 11) is 1.57. The molecule has 2 aliphatic rings. The van der Waals surface area contributed by atoms with Crippen LogP contribution < -0.4 is 14.5 Å². The number of amides is 4. The molecule has 1 saturated heterocycles. The first-order chi connectivity index (χ1) is 20.9. The molecule has 44 heavy (non-hydrogen) atoms. The highest BCUT2D eigenvalue weighted by Crippen LogP contribution is 2.37. The molecule has 1 aromatic heterocycles. The Balaban J connectivity index is 1.37. The van der Waals surface area contributed by atoms with Gasteiger partial charge in [0.15, 0.2) is 6.04 Å². The number of benzene rings is 2. The molecular weight excluding hydrogens is 588 g/mol. The van der Waals surface area contributed by atoms with Crippen LogP contribution in [-0.2, 0) is 33.7 Å². The molecule has 11 nitrogen and oxygen atoms in total. The molecular formula is C32H33ClN4O7. The van der Waals surface area contributed by atoms with E-state index < -0.39 is 41.6 Å². The van der Waals surface area contributed by atoms with Crippen molar-refractivity contribution in [1.29, 1.82) is 0 Å². The van der Waals surface area contributed by atoms with Crippen molar-refractivity contribution in [3.05, 3.63) is 82.5 Å². The van der Waals surface area contributed by atoms with E-state index in [0.717, 1.165) is 16.0 Å². The Kier molecular flexibility index (Phi) is 8.51. The van der Waals surface area contributed by atoms with Gasteiger partial charge < -0.3 is 14.6 Å². The third-order valence-corrected chi connectivity index (χ3v) is 7.74. The average Bonchev–Trinajstić information content (AvgIpc) is 3.39. The summed E-state index contributed by atoms with van der Waals surface area (Å²) in [6, 6.07) is 13.6. The molecule has 2 aliphatic heterocycles. The number of nitrogens with zero attached hydrogens (tertiary/aromatic N) is 4. The highest BCUT2D eigenvalue weighted by molar-refractivity contribution is 6.31. The summed E-state index contributed by atoms with van der Waals surface area (Å²) in [5, 5.41) is 10.5. The lowest BCUT2D eigenvalue weighted by Crippen LogP contribution is -2.69. The lowest BCUT2D eigenvalue weighted by atomic mass is 9.82. The Morgan fingerprint density at radius 2 is 1.80 bits per heavy atom. The van der Waals surface area contributed by atoms with E-state index in [1.54, 1.807) is 64.3 Å². The number of halogens is 1. The second kappa shape index (κ2) is 12.2. The summed E-state index contributed by atoms with van der Waals surface area (Å²) in [6.45, 7) is 5.74. The minimum atomic E-state index is -1.35. The predicted molar refractivity (Wildman–Crippen MR) is 163 cm³/mol. The number of carboxylic acid groups (broad SMARTS) is 1. The minimum absolute atomic E-state index is 0.0300. The first-order valence-corrected chi connectivity index (χ1v) is 14.5. The number of rotatable bonds is 7. The number of carboxylic acids is 1. The van der Waals surface area contributed by atoms with Crippen LogP contribution in [0.4, 0.5) is 21.1 Å². The number of likely N-dealkylation sites (tertiary alicyclic amines) is 1. The van der Waals surface area contributed by atoms with Crippen LogP contribution in [0, 0.1) is 5.92 Å². The van der Waals surface area contributed by atoms with Crippen LogP contribution in [0.5, 0.6) is 5.75 Å². The zero-order valence-corrected chi connectivity index (χ0v) is 25.6. The zero-order chi connectivity index (χ0) is 31.8. The standard InChI is InChI=1S/C32H33ClN4O7/c1-32(2,3)44-31(42)36(18-19-5-9-23(43-4)10-6-19)26-16-20(11-13-34-26)15-24-27(29(39)40)37(28(24)38)30(41)35-14-12-21-7-8-22(33)17-25(21)35/h5-11,13,16-17,24,27H,12,14-15,18H2,1-4H3,(H,39,40)/t24-,27+/m1/s1. The number of aromatic nitrogens is 1. The van der Waals surface area contributed by atoms with Crippen molar-refractivity contribution in [2.24, 2.45) is 5.92 Å². The Morgan fingerprint density at radius 3 is 2.45 bits per heavy atom. The topological polar surface area (TPSA) is 130 Å². The summed E-state index contributed by atoms with van der Waals surface area (Å²) in [4.78, 5) is 60.3. The van der Waals surface area contributed by atoms with Gasteiger partial charge in [0.1, 0.15) is 17.2 Å². The molecule has 0 saturated carbocycles. The van der Waals surface area contributed by atoms with Gasteiger partial charge in [-0.15, -0.1) is 0 Å². The van der Waals surface area contributed by atoms with E-state index in [2.05, 4.69) is 4.98 Å². The summed E-state index contributed by atoms with van der Waals surface area (Å²) >= 11 is 6.13. The zero-order valence-electron chi connectivity index (χ0n) is 24.8. The molecule has 1 N–H and O–H groups in total. The number of methoxy groups -OCH3 is 1. The number of urea groups is 1. The van der Waals surface area contributed by atoms with E-state index in [-0.39, 0.29) is 18.8 Å². The fourth-order valence-electron chi connectivity index (χ4n) is 5.38. The third-order valence-electron chi connectivity index (χ3n) is 7.50. The molecule has 3 aromatic rings. The van der Waals surface area contributed by atoms with E-state index >= 15 is 0 Å². The Labute approximate surface area is 259 Å². The highest BCUT2D eigenvalue weighted by atomic mass is 35.5. The van der Waals surface area contributed by atoms with Crippen LogP contribution in [0.3, 0.4) is 0 Å². The van der Waals surface area contributed by atoms with E-state index in [1.807, 2.05) is 18.2 Å². The van der Waals surface area contributed by atoms with Gasteiger partial charge >= 0.3 is 18.1 Å². The van der Waals surface area contributed by atoms with Gasteiger partial charge in [0, 0.05) is 17.8 Å². The number of imide groups is 1. The van der Waals surface area contributed by atoms with Crippen LogP contribution >= 0.6 is 11.6 Å². The van der Waals surface area contributed by atoms with Crippen molar-refractivity contribution in [2.45, 2.75) is 51.8 Å². The van der Waals surface area contributed by atoms with Crippen molar-refractivity contribution in [3.63, 3.8) is 0 Å². The number of ether oxygens (including phenoxy) is 2. The second-order valence-corrected chi connectivity index (χ2v) is 12.1. The summed E-state index contributed by atoms with van der Waals surface area (Å²) in [5.41, 5.74) is 2.07. The van der Waals surface area contributed by atoms with Crippen LogP contribution in [0.1, 0.15) is 37.5 Å². The monoisotopic (exact) mass is 620 g/mol. The number of hydrogen-bond donors (Lipinski definition) is 1. The minimum Gasteiger partial charge on any atom is -0.497 e. The summed E-state index contributed by atoms with van der Waals surface area (Å²) < 4.78 is 10.9. The number of aliphatic carboxylic acids is 1. The second-order valence-electron chi connectivity index (χ2n) is 11.7. The predicted octanol–water partition coefficient (Wildman–Crippen LogP) is 5.32. The van der Waals surface area contributed by atoms with Crippen molar-refractivity contribution in [2.75, 3.05) is 23.5 Å². The van der Waals surface area contributed by atoms with Gasteiger partial charge in [-0.2, -0.15) is 0 Å². The van der Waals surface area contributed by atoms with Gasteiger partial charge in [0.2, 0.25) is 5.91 Å². The number of pyridine rings is 1. The summed E-state index contributed by atoms with van der Waals surface area (Å²) in [5.74, 6) is -1.91. The lowest BCUT2D eigenvalue weighted by molar-refractivity contribution is -0.165. The van der Waals surface area contributed by atoms with Gasteiger partial charge in [-0.3, -0.25) is 14.6 Å². The first kappa shape index (κ1) is 30.8. The Bertz CT molecular complexity index is 1600. The molecule has 0 aliphatic carbocycles. The maximum absolute atomic E-state index is 13.4. The number of anilines is 2. The highest BCUT2D eigenvalue weighted by Gasteiger charge is 2.56. The molecule has 2 atom stereocenters. The average molecular weight is 621 g/mol. The van der Waals surface area contributed by atoms with Crippen molar-refractivity contribution >= 4 is 47.1 Å². The van der Waals surface area contributed by atoms with Gasteiger partial charge in [-0.25, -0.2) is 24.3 Å². The number of carbonyl (C=O) groups excluding carboxylic acids is 3. The van der Waals surface area contributed by atoms with Gasteiger partial charge in [-0.05, 0) is 86.7 Å². The Hall–Kier alpha value is -4.64. The van der Waals surface area contributed by atoms with Gasteiger partial charge in [0.25, 0.3) is 0 Å². The van der Waals surface area contributed by atoms with Crippen molar-refractivity contribution < 1.29 is 33.8 Å². The van der Waals surface area contributed by atoms with E-state index in [1.165, 1.54) is 16.0 Å². The van der Waals surface area contributed by atoms with Gasteiger partial charge in [0.05, 0.1) is 25.3 Å². The van der Waals surface area contributed by atoms with Crippen LogP contribution in [0.2, 0.25) is 5.02 Å². The number of β-lactam (4-membered cyclic amide) rings is 1. The largest absolute Gasteiger partial charge is 0.497 e. The number of fused-ring (bicyclic) bond motifs is 1. The molecule has 4 amide bonds. The SMILES string of the molecule is COc1ccc(CN(C(=O)OC(C)(C)C)c2cc(C[C@H]3C(=O)N(C(=O)N4CCc5ccc(Cl)cc54)[C@@H]3C(=O)O)ccn2)cc1. The molecule has 0 spiro atoms. The smallest absolute Gasteiger partial charge is 0.416 e. The molecule has 230 valence electrons. The molecule has 1 fully saturated rings. The van der Waals surface area contributed by atoms with Gasteiger partial charge in [-0.1, -0.05) is 29.8 Å². The van der Waals surface area contributed by atoms with Crippen LogP contribution in [0.25, 0.3) is 0 Å². The van der Waals surface area contributed by atoms with Crippen LogP contribution in [0.15, 0.2) is 60.8 Å². The molecule has 0 radical (unpaired) electrons. The molecule has 12 heteroatoms.